The zero-order valence-corrected chi connectivity index (χ0v) is 7.36. The Bertz CT molecular complexity index is 298. The normalized spacial score (nSPS) is 14.2. The Morgan fingerprint density at radius 1 is 1.17 bits per heavy atom. The number of benzene rings is 1. The summed E-state index contributed by atoms with van der Waals surface area (Å²) < 4.78 is 0. The highest BCUT2D eigenvalue weighted by Crippen LogP contribution is 2.12. The first-order valence-corrected chi connectivity index (χ1v) is 3.70. The summed E-state index contributed by atoms with van der Waals surface area (Å²) in [6.45, 7) is 0.689. The Hall–Kier alpha value is -1.02. The largest absolute Gasteiger partial charge is 0.352 e. The molecule has 0 atom stereocenters. The topological polar surface area (TPSA) is 29.1 Å². The molecular formula is C9H10ClNO. The molecule has 0 saturated heterocycles. The van der Waals surface area contributed by atoms with Gasteiger partial charge >= 0.3 is 0 Å². The maximum absolute atomic E-state index is 10.9. The number of fused-ring (bicyclic) bond motifs is 1. The molecule has 12 heavy (non-hydrogen) atoms. The van der Waals surface area contributed by atoms with E-state index in [1.54, 1.807) is 0 Å². The Morgan fingerprint density at radius 2 is 1.83 bits per heavy atom. The van der Waals surface area contributed by atoms with Gasteiger partial charge in [0.1, 0.15) is 0 Å². The van der Waals surface area contributed by atoms with E-state index < -0.39 is 0 Å². The van der Waals surface area contributed by atoms with E-state index in [2.05, 4.69) is 11.4 Å². The quantitative estimate of drug-likeness (QED) is 0.645. The first kappa shape index (κ1) is 9.07. The van der Waals surface area contributed by atoms with Gasteiger partial charge < -0.3 is 5.32 Å². The minimum Gasteiger partial charge on any atom is -0.352 e. The molecule has 0 unspecified atom stereocenters. The Labute approximate surface area is 77.4 Å². The van der Waals surface area contributed by atoms with E-state index in [1.165, 1.54) is 5.56 Å². The molecule has 0 fully saturated rings. The van der Waals surface area contributed by atoms with Crippen LogP contribution in [0.1, 0.15) is 11.1 Å². The van der Waals surface area contributed by atoms with Crippen LogP contribution in [-0.2, 0) is 17.8 Å². The molecule has 1 N–H and O–H groups in total. The van der Waals surface area contributed by atoms with Crippen molar-refractivity contribution >= 4 is 18.3 Å². The summed E-state index contributed by atoms with van der Waals surface area (Å²) in [5, 5.41) is 2.80. The average molecular weight is 184 g/mol. The second kappa shape index (κ2) is 3.59. The Balaban J connectivity index is 0.000000720. The molecule has 2 nitrogen and oxygen atoms in total. The van der Waals surface area contributed by atoms with Crippen molar-refractivity contribution in [2.45, 2.75) is 13.0 Å². The predicted octanol–water partition coefficient (Wildman–Crippen LogP) is 1.28. The molecule has 64 valence electrons. The lowest BCUT2D eigenvalue weighted by molar-refractivity contribution is -0.121. The van der Waals surface area contributed by atoms with Crippen LogP contribution < -0.4 is 5.32 Å². The van der Waals surface area contributed by atoms with E-state index in [1.807, 2.05) is 18.2 Å². The van der Waals surface area contributed by atoms with Crippen molar-refractivity contribution in [2.24, 2.45) is 0 Å². The molecule has 1 aliphatic heterocycles. The first-order valence-electron chi connectivity index (χ1n) is 3.70. The maximum atomic E-state index is 10.9. The summed E-state index contributed by atoms with van der Waals surface area (Å²) in [7, 11) is 0. The molecule has 1 aromatic carbocycles. The van der Waals surface area contributed by atoms with Crippen LogP contribution in [-0.4, -0.2) is 5.91 Å². The fraction of sp³-hybridized carbons (Fsp3) is 0.222. The third kappa shape index (κ3) is 1.59. The van der Waals surface area contributed by atoms with Crippen molar-refractivity contribution in [3.05, 3.63) is 35.4 Å². The fourth-order valence-corrected chi connectivity index (χ4v) is 1.33. The van der Waals surface area contributed by atoms with Crippen LogP contribution in [0.25, 0.3) is 0 Å². The summed E-state index contributed by atoms with van der Waals surface area (Å²) in [6.07, 6.45) is 0.538. The van der Waals surface area contributed by atoms with Crippen molar-refractivity contribution < 1.29 is 4.79 Å². The number of hydrogen-bond acceptors (Lipinski definition) is 1. The standard InChI is InChI=1S/C9H9NO.ClH/c11-9-5-7-3-1-2-4-8(7)6-10-9;/h1-4H,5-6H2,(H,10,11);1H. The Morgan fingerprint density at radius 3 is 2.58 bits per heavy atom. The zero-order chi connectivity index (χ0) is 7.68. The fourth-order valence-electron chi connectivity index (χ4n) is 1.33. The lowest BCUT2D eigenvalue weighted by Crippen LogP contribution is -2.29. The summed E-state index contributed by atoms with van der Waals surface area (Å²) >= 11 is 0. The number of rotatable bonds is 0. The lowest BCUT2D eigenvalue weighted by Gasteiger charge is -2.15. The summed E-state index contributed by atoms with van der Waals surface area (Å²) in [5.74, 6) is 0.128. The van der Waals surface area contributed by atoms with Crippen LogP contribution in [0.15, 0.2) is 24.3 Å². The molecule has 2 rings (SSSR count). The van der Waals surface area contributed by atoms with Gasteiger partial charge in [-0.2, -0.15) is 0 Å². The van der Waals surface area contributed by atoms with Gasteiger partial charge in [0.05, 0.1) is 6.42 Å². The van der Waals surface area contributed by atoms with Crippen molar-refractivity contribution in [2.75, 3.05) is 0 Å². The van der Waals surface area contributed by atoms with Gasteiger partial charge in [-0.25, -0.2) is 0 Å². The summed E-state index contributed by atoms with van der Waals surface area (Å²) in [4.78, 5) is 10.9. The van der Waals surface area contributed by atoms with Crippen LogP contribution in [0, 0.1) is 0 Å². The molecule has 0 bridgehead atoms. The van der Waals surface area contributed by atoms with Gasteiger partial charge in [-0.3, -0.25) is 4.79 Å². The molecule has 3 heteroatoms. The highest BCUT2D eigenvalue weighted by molar-refractivity contribution is 5.85. The third-order valence-electron chi connectivity index (χ3n) is 1.95. The van der Waals surface area contributed by atoms with Crippen molar-refractivity contribution in [3.63, 3.8) is 0 Å². The van der Waals surface area contributed by atoms with Gasteiger partial charge in [0, 0.05) is 6.54 Å². The predicted molar refractivity (Wildman–Crippen MR) is 49.2 cm³/mol. The van der Waals surface area contributed by atoms with Gasteiger partial charge in [-0.1, -0.05) is 24.3 Å². The molecule has 0 radical (unpaired) electrons. The highest BCUT2D eigenvalue weighted by Gasteiger charge is 2.12. The van der Waals surface area contributed by atoms with E-state index >= 15 is 0 Å². The molecule has 0 spiro atoms. The van der Waals surface area contributed by atoms with E-state index in [-0.39, 0.29) is 18.3 Å². The van der Waals surface area contributed by atoms with Crippen LogP contribution in [0.2, 0.25) is 0 Å². The second-order valence-corrected chi connectivity index (χ2v) is 2.72. The highest BCUT2D eigenvalue weighted by atomic mass is 35.5. The summed E-state index contributed by atoms with van der Waals surface area (Å²) in [6, 6.07) is 8.02. The minimum atomic E-state index is 0. The van der Waals surface area contributed by atoms with Crippen molar-refractivity contribution in [1.82, 2.24) is 5.32 Å². The number of hydrogen-bond donors (Lipinski definition) is 1. The molecule has 0 aromatic heterocycles. The Kier molecular flexibility index (Phi) is 2.71. The first-order chi connectivity index (χ1) is 5.36. The monoisotopic (exact) mass is 183 g/mol. The number of nitrogens with one attached hydrogen (secondary N) is 1. The van der Waals surface area contributed by atoms with Crippen LogP contribution >= 0.6 is 12.4 Å². The minimum absolute atomic E-state index is 0. The molecule has 1 amide bonds. The second-order valence-electron chi connectivity index (χ2n) is 2.72. The molecular weight excluding hydrogens is 174 g/mol. The van der Waals surface area contributed by atoms with Gasteiger partial charge in [-0.15, -0.1) is 12.4 Å². The smallest absolute Gasteiger partial charge is 0.224 e. The van der Waals surface area contributed by atoms with Gasteiger partial charge in [0.2, 0.25) is 5.91 Å². The van der Waals surface area contributed by atoms with Crippen molar-refractivity contribution in [3.8, 4) is 0 Å². The van der Waals surface area contributed by atoms with E-state index in [9.17, 15) is 4.79 Å². The van der Waals surface area contributed by atoms with Crippen LogP contribution in [0.4, 0.5) is 0 Å². The molecule has 0 saturated carbocycles. The average Bonchev–Trinajstić information content (AvgIpc) is 2.04. The maximum Gasteiger partial charge on any atom is 0.224 e. The molecule has 1 heterocycles. The van der Waals surface area contributed by atoms with Crippen molar-refractivity contribution in [1.29, 1.82) is 0 Å². The number of amides is 1. The molecule has 1 aromatic rings. The number of carbonyl (C=O) groups excluding carboxylic acids is 1. The third-order valence-corrected chi connectivity index (χ3v) is 1.95. The van der Waals surface area contributed by atoms with Gasteiger partial charge in [0.15, 0.2) is 0 Å². The zero-order valence-electron chi connectivity index (χ0n) is 6.54. The number of carbonyl (C=O) groups is 1. The summed E-state index contributed by atoms with van der Waals surface area (Å²) in [5.41, 5.74) is 2.41. The molecule has 1 aliphatic rings. The van der Waals surface area contributed by atoms with Crippen LogP contribution in [0.3, 0.4) is 0 Å². The van der Waals surface area contributed by atoms with Gasteiger partial charge in [-0.05, 0) is 11.1 Å². The van der Waals surface area contributed by atoms with Crippen LogP contribution in [0.5, 0.6) is 0 Å². The molecule has 0 aliphatic carbocycles. The number of halogens is 1. The van der Waals surface area contributed by atoms with E-state index in [0.717, 1.165) is 5.56 Å². The van der Waals surface area contributed by atoms with Gasteiger partial charge in [0.25, 0.3) is 0 Å². The lowest BCUT2D eigenvalue weighted by atomic mass is 10.0. The van der Waals surface area contributed by atoms with E-state index in [0.29, 0.717) is 13.0 Å². The SMILES string of the molecule is Cl.O=C1Cc2ccccc2CN1. The van der Waals surface area contributed by atoms with E-state index in [4.69, 9.17) is 0 Å².